The second-order valence-electron chi connectivity index (χ2n) is 5.15. The fraction of sp³-hybridized carbons (Fsp3) is 0.0556. The van der Waals surface area contributed by atoms with Gasteiger partial charge in [0.05, 0.1) is 0 Å². The minimum Gasteiger partial charge on any atom is -0.399 e. The maximum absolute atomic E-state index is 12.8. The number of anilines is 2. The van der Waals surface area contributed by atoms with E-state index in [4.69, 9.17) is 11.5 Å². The summed E-state index contributed by atoms with van der Waals surface area (Å²) in [6, 6.07) is 16.7. The summed E-state index contributed by atoms with van der Waals surface area (Å²) in [6.45, 7) is 2.04. The highest BCUT2D eigenvalue weighted by atomic mass is 16.1. The van der Waals surface area contributed by atoms with E-state index in [0.717, 1.165) is 16.3 Å². The monoisotopic (exact) mass is 276 g/mol. The molecule has 3 heteroatoms. The summed E-state index contributed by atoms with van der Waals surface area (Å²) in [4.78, 5) is 12.8. The molecule has 21 heavy (non-hydrogen) atoms. The summed E-state index contributed by atoms with van der Waals surface area (Å²) >= 11 is 0. The van der Waals surface area contributed by atoms with Gasteiger partial charge in [0.1, 0.15) is 0 Å². The van der Waals surface area contributed by atoms with Gasteiger partial charge in [-0.2, -0.15) is 0 Å². The lowest BCUT2D eigenvalue weighted by Gasteiger charge is -2.10. The molecule has 0 bridgehead atoms. The number of nitrogens with two attached hydrogens (primary N) is 2. The first-order valence-electron chi connectivity index (χ1n) is 6.76. The lowest BCUT2D eigenvalue weighted by atomic mass is 9.94. The molecule has 0 fully saturated rings. The molecule has 0 aliphatic rings. The topological polar surface area (TPSA) is 69.1 Å². The van der Waals surface area contributed by atoms with E-state index in [0.29, 0.717) is 22.5 Å². The molecule has 3 rings (SSSR count). The number of carbonyl (C=O) groups is 1. The highest BCUT2D eigenvalue weighted by Crippen LogP contribution is 2.26. The summed E-state index contributed by atoms with van der Waals surface area (Å²) in [5.41, 5.74) is 14.9. The summed E-state index contributed by atoms with van der Waals surface area (Å²) in [5.74, 6) is -0.0799. The van der Waals surface area contributed by atoms with Crippen LogP contribution in [0.25, 0.3) is 10.8 Å². The summed E-state index contributed by atoms with van der Waals surface area (Å²) in [5, 5.41) is 2.02. The van der Waals surface area contributed by atoms with Gasteiger partial charge in [-0.3, -0.25) is 4.79 Å². The van der Waals surface area contributed by atoms with Crippen LogP contribution < -0.4 is 11.5 Å². The third-order valence-corrected chi connectivity index (χ3v) is 3.71. The maximum Gasteiger partial charge on any atom is 0.195 e. The number of benzene rings is 3. The third kappa shape index (κ3) is 2.23. The van der Waals surface area contributed by atoms with Gasteiger partial charge in [-0.05, 0) is 41.5 Å². The van der Waals surface area contributed by atoms with Gasteiger partial charge in [-0.25, -0.2) is 0 Å². The van der Waals surface area contributed by atoms with Crippen molar-refractivity contribution in [3.05, 3.63) is 71.3 Å². The van der Waals surface area contributed by atoms with Crippen LogP contribution in [0, 0.1) is 6.92 Å². The predicted octanol–water partition coefficient (Wildman–Crippen LogP) is 3.54. The molecule has 0 aromatic heterocycles. The van der Waals surface area contributed by atoms with Crippen molar-refractivity contribution in [3.63, 3.8) is 0 Å². The van der Waals surface area contributed by atoms with Crippen molar-refractivity contribution in [1.82, 2.24) is 0 Å². The molecule has 0 amide bonds. The van der Waals surface area contributed by atoms with Crippen LogP contribution in [0.1, 0.15) is 21.5 Å². The van der Waals surface area contributed by atoms with Crippen LogP contribution in [0.3, 0.4) is 0 Å². The zero-order chi connectivity index (χ0) is 15.0. The number of rotatable bonds is 2. The van der Waals surface area contributed by atoms with E-state index in [-0.39, 0.29) is 5.78 Å². The Bertz CT molecular complexity index is 853. The molecule has 0 heterocycles. The molecule has 0 aliphatic heterocycles. The van der Waals surface area contributed by atoms with Crippen molar-refractivity contribution < 1.29 is 4.79 Å². The molecule has 4 N–H and O–H groups in total. The van der Waals surface area contributed by atoms with Crippen molar-refractivity contribution in [1.29, 1.82) is 0 Å². The fourth-order valence-corrected chi connectivity index (χ4v) is 2.58. The molecule has 0 unspecified atom stereocenters. The van der Waals surface area contributed by atoms with Crippen LogP contribution in [0.4, 0.5) is 11.4 Å². The quantitative estimate of drug-likeness (QED) is 0.555. The van der Waals surface area contributed by atoms with Crippen LogP contribution in [0.2, 0.25) is 0 Å². The van der Waals surface area contributed by atoms with Gasteiger partial charge in [-0.1, -0.05) is 36.4 Å². The fourth-order valence-electron chi connectivity index (χ4n) is 2.58. The van der Waals surface area contributed by atoms with Crippen molar-refractivity contribution in [2.24, 2.45) is 0 Å². The number of ketones is 1. The molecule has 3 aromatic carbocycles. The van der Waals surface area contributed by atoms with E-state index in [1.54, 1.807) is 18.2 Å². The molecule has 0 saturated carbocycles. The van der Waals surface area contributed by atoms with Gasteiger partial charge in [0, 0.05) is 22.5 Å². The minimum absolute atomic E-state index is 0.0799. The first kappa shape index (κ1) is 13.2. The van der Waals surface area contributed by atoms with Crippen molar-refractivity contribution in [3.8, 4) is 0 Å². The van der Waals surface area contributed by atoms with Crippen LogP contribution in [-0.2, 0) is 0 Å². The second-order valence-corrected chi connectivity index (χ2v) is 5.15. The first-order valence-corrected chi connectivity index (χ1v) is 6.76. The number of carbonyl (C=O) groups excluding carboxylic acids is 1. The third-order valence-electron chi connectivity index (χ3n) is 3.71. The van der Waals surface area contributed by atoms with Crippen molar-refractivity contribution >= 4 is 27.9 Å². The van der Waals surface area contributed by atoms with Gasteiger partial charge in [0.15, 0.2) is 5.78 Å². The van der Waals surface area contributed by atoms with Crippen LogP contribution in [-0.4, -0.2) is 5.78 Å². The molecule has 0 spiro atoms. The van der Waals surface area contributed by atoms with Gasteiger partial charge < -0.3 is 11.5 Å². The SMILES string of the molecule is Cc1ccc(C(=O)c2ccc(N)cc2N)c2ccccc12. The molecule has 104 valence electrons. The Morgan fingerprint density at radius 2 is 1.52 bits per heavy atom. The lowest BCUT2D eigenvalue weighted by molar-refractivity contribution is 0.104. The Balaban J connectivity index is 2.21. The van der Waals surface area contributed by atoms with Crippen LogP contribution in [0.15, 0.2) is 54.6 Å². The number of hydrogen-bond acceptors (Lipinski definition) is 3. The van der Waals surface area contributed by atoms with Gasteiger partial charge >= 0.3 is 0 Å². The Hall–Kier alpha value is -2.81. The highest BCUT2D eigenvalue weighted by molar-refractivity contribution is 6.18. The molecule has 0 radical (unpaired) electrons. The molecular formula is C18H16N2O. The molecular weight excluding hydrogens is 260 g/mol. The Morgan fingerprint density at radius 3 is 2.24 bits per heavy atom. The summed E-state index contributed by atoms with van der Waals surface area (Å²) in [6.07, 6.45) is 0. The highest BCUT2D eigenvalue weighted by Gasteiger charge is 2.15. The summed E-state index contributed by atoms with van der Waals surface area (Å²) in [7, 11) is 0. The molecule has 0 aliphatic carbocycles. The van der Waals surface area contributed by atoms with E-state index in [1.165, 1.54) is 0 Å². The largest absolute Gasteiger partial charge is 0.399 e. The minimum atomic E-state index is -0.0799. The van der Waals surface area contributed by atoms with Gasteiger partial charge in [-0.15, -0.1) is 0 Å². The van der Waals surface area contributed by atoms with E-state index < -0.39 is 0 Å². The van der Waals surface area contributed by atoms with E-state index in [9.17, 15) is 4.79 Å². The average Bonchev–Trinajstić information content (AvgIpc) is 2.47. The molecule has 3 aromatic rings. The number of aryl methyl sites for hydroxylation is 1. The zero-order valence-corrected chi connectivity index (χ0v) is 11.8. The summed E-state index contributed by atoms with van der Waals surface area (Å²) < 4.78 is 0. The standard InChI is InChI=1S/C18H16N2O/c1-11-6-8-15(14-5-3-2-4-13(11)14)18(21)16-9-7-12(19)10-17(16)20/h2-10H,19-20H2,1H3. The number of fused-ring (bicyclic) bond motifs is 1. The van der Waals surface area contributed by atoms with Crippen LogP contribution in [0.5, 0.6) is 0 Å². The molecule has 0 atom stereocenters. The Morgan fingerprint density at radius 1 is 0.857 bits per heavy atom. The van der Waals surface area contributed by atoms with Crippen LogP contribution >= 0.6 is 0 Å². The van der Waals surface area contributed by atoms with Crippen molar-refractivity contribution in [2.45, 2.75) is 6.92 Å². The maximum atomic E-state index is 12.8. The predicted molar refractivity (Wildman–Crippen MR) is 87.4 cm³/mol. The first-order chi connectivity index (χ1) is 10.1. The Labute approximate surface area is 123 Å². The van der Waals surface area contributed by atoms with Crippen molar-refractivity contribution in [2.75, 3.05) is 11.5 Å². The lowest BCUT2D eigenvalue weighted by Crippen LogP contribution is -2.07. The van der Waals surface area contributed by atoms with Gasteiger partial charge in [0.25, 0.3) is 0 Å². The van der Waals surface area contributed by atoms with E-state index in [2.05, 4.69) is 0 Å². The second kappa shape index (κ2) is 4.94. The molecule has 3 nitrogen and oxygen atoms in total. The van der Waals surface area contributed by atoms with Gasteiger partial charge in [0.2, 0.25) is 0 Å². The normalized spacial score (nSPS) is 10.7. The number of hydrogen-bond donors (Lipinski definition) is 2. The Kier molecular flexibility index (Phi) is 3.10. The molecule has 0 saturated heterocycles. The average molecular weight is 276 g/mol. The zero-order valence-electron chi connectivity index (χ0n) is 11.8. The van der Waals surface area contributed by atoms with E-state index >= 15 is 0 Å². The van der Waals surface area contributed by atoms with E-state index in [1.807, 2.05) is 43.3 Å². The smallest absolute Gasteiger partial charge is 0.195 e. The number of nitrogen functional groups attached to an aromatic ring is 2.